The highest BCUT2D eigenvalue weighted by Gasteiger charge is 2.55. The Morgan fingerprint density at radius 1 is 0.879 bits per heavy atom. The first-order valence-electron chi connectivity index (χ1n) is 20.2. The second-order valence-electron chi connectivity index (χ2n) is 17.2. The Hall–Kier alpha value is -5.66. The number of hydrogen-bond donors (Lipinski definition) is 4. The molecule has 5 aromatic rings. The number of imidazole rings is 1. The van der Waals surface area contributed by atoms with Gasteiger partial charge in [0.1, 0.15) is 11.9 Å². The molecule has 5 heterocycles. The van der Waals surface area contributed by atoms with Crippen LogP contribution in [0.5, 0.6) is 0 Å². The Bertz CT molecular complexity index is 2480. The minimum absolute atomic E-state index is 0.0228. The molecule has 1 saturated carbocycles. The molecule has 0 radical (unpaired) electrons. The fourth-order valence-electron chi connectivity index (χ4n) is 9.62. The number of ether oxygens (including phenoxy) is 2. The van der Waals surface area contributed by atoms with E-state index in [4.69, 9.17) is 14.5 Å². The van der Waals surface area contributed by atoms with E-state index in [1.165, 1.54) is 20.3 Å². The lowest BCUT2D eigenvalue weighted by atomic mass is 9.98. The number of nitrogens with zero attached hydrogens (tertiary/aromatic N) is 3. The lowest BCUT2D eigenvalue weighted by Gasteiger charge is -2.30. The maximum Gasteiger partial charge on any atom is 0.407 e. The number of alkyl carbamates (subject to hydrolysis) is 2. The van der Waals surface area contributed by atoms with Gasteiger partial charge in [0, 0.05) is 46.6 Å². The standard InChI is InChI=1S/C44H49F2N7O5/c1-22(2)35(50-41(55)57-5)38-28-18-31(48-37(28)33-8-7-15-52(33)38)24-9-11-26-27-12-10-25(17-30(27)44(45,46)29(26)16-24)32-20-47-39(49-32)34-19-43(13-14-43)21-53(34)40(54)36(23(3)4)51-42(56)58-6/h9-12,16-18,20,22-23,34-36,48H,7-8,13-15,19,21H2,1-6H3,(H,47,49)(H,50,55)(H,51,56). The van der Waals surface area contributed by atoms with Crippen molar-refractivity contribution in [3.8, 4) is 33.6 Å². The van der Waals surface area contributed by atoms with Gasteiger partial charge in [-0.15, -0.1) is 0 Å². The number of aryl methyl sites for hydroxylation is 1. The number of fused-ring (bicyclic) bond motifs is 6. The highest BCUT2D eigenvalue weighted by Crippen LogP contribution is 2.59. The van der Waals surface area contributed by atoms with Crippen LogP contribution in [0.1, 0.15) is 93.8 Å². The molecule has 3 atom stereocenters. The molecule has 4 aliphatic rings. The summed E-state index contributed by atoms with van der Waals surface area (Å²) in [6.45, 7) is 9.27. The van der Waals surface area contributed by atoms with Crippen LogP contribution in [0.3, 0.4) is 0 Å². The van der Waals surface area contributed by atoms with E-state index in [-0.39, 0.29) is 46.4 Å². The smallest absolute Gasteiger partial charge is 0.407 e. The van der Waals surface area contributed by atoms with Crippen molar-refractivity contribution in [3.05, 3.63) is 77.0 Å². The molecule has 1 saturated heterocycles. The maximum absolute atomic E-state index is 16.6. The van der Waals surface area contributed by atoms with Crippen LogP contribution < -0.4 is 10.6 Å². The van der Waals surface area contributed by atoms with Crippen molar-refractivity contribution in [1.29, 1.82) is 0 Å². The molecule has 2 aliphatic carbocycles. The van der Waals surface area contributed by atoms with Crippen molar-refractivity contribution in [2.75, 3.05) is 20.8 Å². The van der Waals surface area contributed by atoms with Crippen molar-refractivity contribution >= 4 is 29.0 Å². The largest absolute Gasteiger partial charge is 0.453 e. The summed E-state index contributed by atoms with van der Waals surface area (Å²) < 4.78 is 45.3. The number of rotatable bonds is 9. The van der Waals surface area contributed by atoms with Crippen LogP contribution in [0.15, 0.2) is 48.7 Å². The third-order valence-corrected chi connectivity index (χ3v) is 12.9. The minimum Gasteiger partial charge on any atom is -0.453 e. The Balaban J connectivity index is 1.01. The van der Waals surface area contributed by atoms with E-state index in [1.807, 2.05) is 36.9 Å². The van der Waals surface area contributed by atoms with Gasteiger partial charge in [-0.2, -0.15) is 8.78 Å². The number of nitrogens with one attached hydrogen (secondary N) is 4. The number of carbonyl (C=O) groups is 3. The predicted octanol–water partition coefficient (Wildman–Crippen LogP) is 8.58. The van der Waals surface area contributed by atoms with Gasteiger partial charge in [0.2, 0.25) is 5.91 Å². The molecule has 58 heavy (non-hydrogen) atoms. The number of aromatic amines is 2. The van der Waals surface area contributed by atoms with Gasteiger partial charge in [-0.05, 0) is 84.2 Å². The number of likely N-dealkylation sites (tertiary alicyclic amines) is 1. The van der Waals surface area contributed by atoms with Crippen molar-refractivity contribution in [1.82, 2.24) is 35.1 Å². The Morgan fingerprint density at radius 3 is 2.16 bits per heavy atom. The summed E-state index contributed by atoms with van der Waals surface area (Å²) in [6, 6.07) is 11.0. The van der Waals surface area contributed by atoms with E-state index in [1.54, 1.807) is 24.4 Å². The zero-order valence-corrected chi connectivity index (χ0v) is 33.6. The summed E-state index contributed by atoms with van der Waals surface area (Å²) in [5.41, 5.74) is 6.49. The Kier molecular flexibility index (Phi) is 8.97. The topological polar surface area (TPSA) is 146 Å². The molecule has 4 N–H and O–H groups in total. The first-order chi connectivity index (χ1) is 27.7. The van der Waals surface area contributed by atoms with Crippen LogP contribution in [-0.4, -0.2) is 69.3 Å². The lowest BCUT2D eigenvalue weighted by Crippen LogP contribution is -2.51. The lowest BCUT2D eigenvalue weighted by molar-refractivity contribution is -0.135. The number of H-pyrrole nitrogens is 2. The third kappa shape index (κ3) is 6.05. The fraction of sp³-hybridized carbons (Fsp3) is 0.455. The summed E-state index contributed by atoms with van der Waals surface area (Å²) in [5.74, 6) is -2.97. The van der Waals surface area contributed by atoms with Gasteiger partial charge < -0.3 is 39.5 Å². The number of methoxy groups -OCH3 is 2. The summed E-state index contributed by atoms with van der Waals surface area (Å²) in [5, 5.41) is 6.69. The van der Waals surface area contributed by atoms with Gasteiger partial charge in [-0.25, -0.2) is 14.6 Å². The molecule has 0 bridgehead atoms. The summed E-state index contributed by atoms with van der Waals surface area (Å²) >= 11 is 0. The zero-order chi connectivity index (χ0) is 40.8. The Morgan fingerprint density at radius 2 is 1.53 bits per heavy atom. The predicted molar refractivity (Wildman–Crippen MR) is 214 cm³/mol. The number of benzene rings is 2. The van der Waals surface area contributed by atoms with Crippen LogP contribution in [0.4, 0.5) is 18.4 Å². The van der Waals surface area contributed by atoms with E-state index in [2.05, 4.69) is 39.0 Å². The van der Waals surface area contributed by atoms with E-state index >= 15 is 8.78 Å². The van der Waals surface area contributed by atoms with Crippen LogP contribution in [0, 0.1) is 17.3 Å². The molecule has 3 amide bonds. The second-order valence-corrected chi connectivity index (χ2v) is 17.2. The average molecular weight is 794 g/mol. The molecule has 12 nitrogen and oxygen atoms in total. The van der Waals surface area contributed by atoms with Crippen molar-refractivity contribution in [2.24, 2.45) is 17.3 Å². The van der Waals surface area contributed by atoms with Gasteiger partial charge in [-0.3, -0.25) is 4.79 Å². The number of halogens is 2. The van der Waals surface area contributed by atoms with Gasteiger partial charge >= 0.3 is 12.2 Å². The monoisotopic (exact) mass is 793 g/mol. The third-order valence-electron chi connectivity index (χ3n) is 12.9. The van der Waals surface area contributed by atoms with Crippen molar-refractivity contribution < 1.29 is 32.6 Å². The minimum atomic E-state index is -3.26. The van der Waals surface area contributed by atoms with Gasteiger partial charge in [-0.1, -0.05) is 52.0 Å². The molecule has 3 unspecified atom stereocenters. The highest BCUT2D eigenvalue weighted by molar-refractivity contribution is 5.93. The van der Waals surface area contributed by atoms with Crippen LogP contribution in [0.25, 0.3) is 44.5 Å². The van der Waals surface area contributed by atoms with E-state index in [0.717, 1.165) is 66.6 Å². The maximum atomic E-state index is 16.6. The average Bonchev–Trinajstić information content (AvgIpc) is 3.82. The van der Waals surface area contributed by atoms with Crippen LogP contribution >= 0.6 is 0 Å². The quantitative estimate of drug-likeness (QED) is 0.118. The number of amides is 3. The van der Waals surface area contributed by atoms with Crippen LogP contribution in [-0.2, 0) is 33.2 Å². The molecule has 9 rings (SSSR count). The number of aromatic nitrogens is 4. The number of hydrogen-bond acceptors (Lipinski definition) is 6. The molecule has 2 aliphatic heterocycles. The first kappa shape index (κ1) is 37.9. The van der Waals surface area contributed by atoms with Gasteiger partial charge in [0.15, 0.2) is 0 Å². The molecule has 304 valence electrons. The van der Waals surface area contributed by atoms with Gasteiger partial charge in [0.25, 0.3) is 5.92 Å². The molecule has 2 fully saturated rings. The molecular formula is C44H49F2N7O5. The highest BCUT2D eigenvalue weighted by atomic mass is 19.3. The first-order valence-corrected chi connectivity index (χ1v) is 20.2. The van der Waals surface area contributed by atoms with E-state index < -0.39 is 24.2 Å². The number of alkyl halides is 2. The van der Waals surface area contributed by atoms with Gasteiger partial charge in [0.05, 0.1) is 49.4 Å². The molecule has 14 heteroatoms. The SMILES string of the molecule is COC(=O)NC(C(=O)N1CC2(CC2)CC1c1ncc(-c2ccc3c(c2)C(F)(F)c2cc(-c4cc5c(C(NC(=O)OC)C(C)C)n6c(c5[nH]4)CCC6)ccc2-3)[nH]1)C(C)C. The molecule has 3 aromatic heterocycles. The van der Waals surface area contributed by atoms with E-state index in [9.17, 15) is 14.4 Å². The zero-order valence-electron chi connectivity index (χ0n) is 33.6. The molecule has 1 spiro atoms. The van der Waals surface area contributed by atoms with Crippen molar-refractivity contribution in [3.63, 3.8) is 0 Å². The summed E-state index contributed by atoms with van der Waals surface area (Å²) in [7, 11) is 2.62. The number of carbonyl (C=O) groups excluding carboxylic acids is 3. The van der Waals surface area contributed by atoms with E-state index in [0.29, 0.717) is 40.3 Å². The normalized spacial score (nSPS) is 19.3. The summed E-state index contributed by atoms with van der Waals surface area (Å²) in [4.78, 5) is 51.9. The molecule has 2 aromatic carbocycles. The Labute approximate surface area is 335 Å². The van der Waals surface area contributed by atoms with Crippen LogP contribution in [0.2, 0.25) is 0 Å². The van der Waals surface area contributed by atoms with Crippen molar-refractivity contribution in [2.45, 2.75) is 90.4 Å². The fourth-order valence-corrected chi connectivity index (χ4v) is 9.62. The molecular weight excluding hydrogens is 745 g/mol. The second kappa shape index (κ2) is 13.7. The summed E-state index contributed by atoms with van der Waals surface area (Å²) in [6.07, 6.45) is 5.09.